The highest BCUT2D eigenvalue weighted by molar-refractivity contribution is 5.98. The van der Waals surface area contributed by atoms with Crippen LogP contribution in [0.15, 0.2) is 18.2 Å². The second kappa shape index (κ2) is 12.5. The highest BCUT2D eigenvalue weighted by Crippen LogP contribution is 2.25. The second-order valence-electron chi connectivity index (χ2n) is 11.8. The Bertz CT molecular complexity index is 1010. The van der Waals surface area contributed by atoms with E-state index in [2.05, 4.69) is 5.32 Å². The van der Waals surface area contributed by atoms with Crippen LogP contribution in [0.5, 0.6) is 0 Å². The topological polar surface area (TPSA) is 125 Å². The predicted molar refractivity (Wildman–Crippen MR) is 144 cm³/mol. The third-order valence-electron chi connectivity index (χ3n) is 6.08. The van der Waals surface area contributed by atoms with E-state index in [1.165, 1.54) is 9.80 Å². The lowest BCUT2D eigenvalue weighted by Gasteiger charge is -2.28. The molecule has 2 aliphatic heterocycles. The lowest BCUT2D eigenvalue weighted by atomic mass is 10.1. The maximum Gasteiger partial charge on any atom is 0.411 e. The molecule has 0 saturated carbocycles. The highest BCUT2D eigenvalue weighted by atomic mass is 16.6. The van der Waals surface area contributed by atoms with Crippen LogP contribution in [0.25, 0.3) is 0 Å². The summed E-state index contributed by atoms with van der Waals surface area (Å²) in [6.45, 7) is 15.7. The minimum Gasteiger partial charge on any atom is -0.480 e. The average molecular weight is 534 g/mol. The van der Waals surface area contributed by atoms with E-state index < -0.39 is 41.4 Å². The predicted octanol–water partition coefficient (Wildman–Crippen LogP) is 5.11. The Balaban J connectivity index is 0.000000293. The molecular weight excluding hydrogens is 490 g/mol. The molecule has 0 bridgehead atoms. The van der Waals surface area contributed by atoms with Crippen molar-refractivity contribution in [3.8, 4) is 0 Å². The number of aryl methyl sites for hydroxylation is 2. The van der Waals surface area contributed by atoms with E-state index in [-0.39, 0.29) is 5.91 Å². The fraction of sp³-hybridized carbons (Fsp3) is 0.643. The summed E-state index contributed by atoms with van der Waals surface area (Å²) in [5.74, 6) is -1.11. The lowest BCUT2D eigenvalue weighted by molar-refractivity contribution is -0.142. The summed E-state index contributed by atoms with van der Waals surface area (Å²) in [5.41, 5.74) is 1.71. The van der Waals surface area contributed by atoms with Crippen LogP contribution in [-0.2, 0) is 19.1 Å². The van der Waals surface area contributed by atoms with Crippen molar-refractivity contribution in [2.45, 2.75) is 104 Å². The number of anilines is 1. The van der Waals surface area contributed by atoms with Gasteiger partial charge in [0.1, 0.15) is 23.3 Å². The number of aliphatic carboxylic acids is 1. The smallest absolute Gasteiger partial charge is 0.411 e. The van der Waals surface area contributed by atoms with Crippen LogP contribution in [0.2, 0.25) is 0 Å². The molecule has 38 heavy (non-hydrogen) atoms. The molecule has 3 amide bonds. The van der Waals surface area contributed by atoms with Gasteiger partial charge < -0.3 is 19.9 Å². The Kier molecular flexibility index (Phi) is 10.2. The number of carboxylic acid groups (broad SMARTS) is 1. The molecule has 2 fully saturated rings. The third-order valence-corrected chi connectivity index (χ3v) is 6.08. The summed E-state index contributed by atoms with van der Waals surface area (Å²) in [5, 5.41) is 11.9. The molecule has 0 aliphatic carbocycles. The Morgan fingerprint density at radius 1 is 0.816 bits per heavy atom. The molecule has 0 spiro atoms. The Morgan fingerprint density at radius 2 is 1.24 bits per heavy atom. The number of hydrogen-bond acceptors (Lipinski definition) is 6. The van der Waals surface area contributed by atoms with Gasteiger partial charge in [0.05, 0.1) is 0 Å². The molecule has 10 heteroatoms. The molecule has 3 rings (SSSR count). The molecule has 0 radical (unpaired) electrons. The number of ether oxygens (including phenoxy) is 2. The zero-order valence-electron chi connectivity index (χ0n) is 23.9. The number of likely N-dealkylation sites (tertiary alicyclic amines) is 2. The molecule has 1 aromatic carbocycles. The molecule has 2 saturated heterocycles. The maximum absolute atomic E-state index is 12.6. The van der Waals surface area contributed by atoms with Crippen LogP contribution in [0.3, 0.4) is 0 Å². The molecule has 2 aliphatic rings. The van der Waals surface area contributed by atoms with Gasteiger partial charge in [0.2, 0.25) is 5.91 Å². The number of carboxylic acids is 1. The minimum absolute atomic E-state index is 0.147. The number of nitrogens with one attached hydrogen (secondary N) is 1. The fourth-order valence-electron chi connectivity index (χ4n) is 4.36. The highest BCUT2D eigenvalue weighted by Gasteiger charge is 2.37. The number of nitrogens with zero attached hydrogens (tertiary/aromatic N) is 2. The van der Waals surface area contributed by atoms with Gasteiger partial charge in [-0.15, -0.1) is 0 Å². The number of hydrogen-bond donors (Lipinski definition) is 2. The van der Waals surface area contributed by atoms with Crippen LogP contribution in [0, 0.1) is 13.8 Å². The van der Waals surface area contributed by atoms with E-state index >= 15 is 0 Å². The summed E-state index contributed by atoms with van der Waals surface area (Å²) in [6, 6.07) is 4.69. The molecule has 10 nitrogen and oxygen atoms in total. The Labute approximate surface area is 225 Å². The van der Waals surface area contributed by atoms with Crippen molar-refractivity contribution in [1.82, 2.24) is 9.80 Å². The van der Waals surface area contributed by atoms with E-state index in [1.54, 1.807) is 20.8 Å². The van der Waals surface area contributed by atoms with Crippen LogP contribution >= 0.6 is 0 Å². The quantitative estimate of drug-likeness (QED) is 0.553. The molecule has 0 aromatic heterocycles. The van der Waals surface area contributed by atoms with Crippen LogP contribution in [-0.4, -0.2) is 75.3 Å². The van der Waals surface area contributed by atoms with Crippen molar-refractivity contribution in [3.05, 3.63) is 29.3 Å². The minimum atomic E-state index is -0.960. The van der Waals surface area contributed by atoms with Crippen molar-refractivity contribution in [1.29, 1.82) is 0 Å². The van der Waals surface area contributed by atoms with E-state index in [0.717, 1.165) is 29.7 Å². The Hall–Kier alpha value is -3.30. The molecule has 2 N–H and O–H groups in total. The van der Waals surface area contributed by atoms with E-state index in [0.29, 0.717) is 25.9 Å². The van der Waals surface area contributed by atoms with E-state index in [4.69, 9.17) is 14.6 Å². The number of para-hydroxylation sites is 1. The van der Waals surface area contributed by atoms with Gasteiger partial charge in [-0.25, -0.2) is 14.4 Å². The normalized spacial score (nSPS) is 19.4. The summed E-state index contributed by atoms with van der Waals surface area (Å²) in [7, 11) is 0. The SMILES string of the molecule is CC(C)(C)OC(=O)N1CCCC1C(=O)O.Cc1cccc(C)c1NC(=O)C1CCCN1C(=O)OC(C)(C)C. The van der Waals surface area contributed by atoms with Gasteiger partial charge in [0.25, 0.3) is 0 Å². The zero-order valence-corrected chi connectivity index (χ0v) is 23.9. The first kappa shape index (κ1) is 30.9. The van der Waals surface area contributed by atoms with Gasteiger partial charge in [-0.2, -0.15) is 0 Å². The molecule has 2 heterocycles. The van der Waals surface area contributed by atoms with Crippen molar-refractivity contribution in [2.24, 2.45) is 0 Å². The fourth-order valence-corrected chi connectivity index (χ4v) is 4.36. The van der Waals surface area contributed by atoms with Crippen molar-refractivity contribution in [3.63, 3.8) is 0 Å². The number of benzene rings is 1. The first-order valence-electron chi connectivity index (χ1n) is 13.1. The molecule has 212 valence electrons. The van der Waals surface area contributed by atoms with Crippen molar-refractivity contribution < 1.29 is 33.8 Å². The van der Waals surface area contributed by atoms with E-state index in [1.807, 2.05) is 52.8 Å². The molecule has 2 unspecified atom stereocenters. The van der Waals surface area contributed by atoms with Crippen LogP contribution in [0.4, 0.5) is 15.3 Å². The number of carbonyl (C=O) groups is 4. The summed E-state index contributed by atoms with van der Waals surface area (Å²) in [6.07, 6.45) is 1.74. The largest absolute Gasteiger partial charge is 0.480 e. The standard InChI is InChI=1S/C18H26N2O3.C10H17NO4/c1-12-8-6-9-13(2)15(12)19-16(21)14-10-7-11-20(14)17(22)23-18(3,4)5;1-10(2,3)15-9(14)11-6-4-5-7(11)8(12)13/h6,8-9,14H,7,10-11H2,1-5H3,(H,19,21);7H,4-6H2,1-3H3,(H,12,13). The van der Waals surface area contributed by atoms with Gasteiger partial charge in [0.15, 0.2) is 0 Å². The first-order chi connectivity index (χ1) is 17.5. The van der Waals surface area contributed by atoms with Gasteiger partial charge in [-0.3, -0.25) is 14.6 Å². The number of carbonyl (C=O) groups excluding carboxylic acids is 3. The maximum atomic E-state index is 12.6. The average Bonchev–Trinajstić information content (AvgIpc) is 3.44. The molecule has 2 atom stereocenters. The molecule has 1 aromatic rings. The number of rotatable bonds is 3. The molecular formula is C28H43N3O7. The third kappa shape index (κ3) is 8.92. The van der Waals surface area contributed by atoms with Gasteiger partial charge >= 0.3 is 18.2 Å². The number of amides is 3. The summed E-state index contributed by atoms with van der Waals surface area (Å²) >= 11 is 0. The van der Waals surface area contributed by atoms with Crippen LogP contribution in [0.1, 0.15) is 78.4 Å². The van der Waals surface area contributed by atoms with Gasteiger partial charge in [-0.05, 0) is 92.2 Å². The monoisotopic (exact) mass is 533 g/mol. The first-order valence-corrected chi connectivity index (χ1v) is 13.1. The summed E-state index contributed by atoms with van der Waals surface area (Å²) in [4.78, 5) is 50.2. The zero-order chi connectivity index (χ0) is 28.8. The second-order valence-corrected chi connectivity index (χ2v) is 11.8. The van der Waals surface area contributed by atoms with Crippen LogP contribution < -0.4 is 5.32 Å². The van der Waals surface area contributed by atoms with Gasteiger partial charge in [0, 0.05) is 18.8 Å². The van der Waals surface area contributed by atoms with E-state index in [9.17, 15) is 19.2 Å². The Morgan fingerprint density at radius 3 is 1.66 bits per heavy atom. The van der Waals surface area contributed by atoms with Crippen molar-refractivity contribution >= 4 is 29.8 Å². The van der Waals surface area contributed by atoms with Crippen molar-refractivity contribution in [2.75, 3.05) is 18.4 Å². The lowest BCUT2D eigenvalue weighted by Crippen LogP contribution is -2.45. The van der Waals surface area contributed by atoms with Gasteiger partial charge in [-0.1, -0.05) is 18.2 Å². The summed E-state index contributed by atoms with van der Waals surface area (Å²) < 4.78 is 10.5.